The molecule has 2 aliphatic rings. The fourth-order valence-electron chi connectivity index (χ4n) is 5.37. The number of halogens is 2. The van der Waals surface area contributed by atoms with Crippen LogP contribution in [0.3, 0.4) is 0 Å². The molecule has 0 unspecified atom stereocenters. The fourth-order valence-corrected chi connectivity index (χ4v) is 5.37. The Hall–Kier alpha value is -3.51. The lowest BCUT2D eigenvalue weighted by Crippen LogP contribution is -2.38. The second kappa shape index (κ2) is 11.5. The van der Waals surface area contributed by atoms with Crippen molar-refractivity contribution in [3.05, 3.63) is 101 Å². The van der Waals surface area contributed by atoms with Gasteiger partial charge in [-0.15, -0.1) is 0 Å². The molecule has 1 aliphatic carbocycles. The number of benzene rings is 3. The quantitative estimate of drug-likeness (QED) is 0.273. The molecule has 3 aromatic rings. The average Bonchev–Trinajstić information content (AvgIpc) is 3.75. The Morgan fingerprint density at radius 1 is 1.00 bits per heavy atom. The van der Waals surface area contributed by atoms with E-state index in [1.165, 1.54) is 48.1 Å². The molecule has 1 heterocycles. The van der Waals surface area contributed by atoms with Gasteiger partial charge in [-0.2, -0.15) is 0 Å². The highest BCUT2D eigenvalue weighted by atomic mass is 19.1. The van der Waals surface area contributed by atoms with Crippen molar-refractivity contribution >= 4 is 23.3 Å². The second-order valence-corrected chi connectivity index (χ2v) is 10.7. The zero-order valence-corrected chi connectivity index (χ0v) is 22.0. The summed E-state index contributed by atoms with van der Waals surface area (Å²) in [6.45, 7) is 9.97. The number of nitrogens with zero attached hydrogens (tertiary/aromatic N) is 2. The number of aryl methyl sites for hydroxylation is 1. The van der Waals surface area contributed by atoms with Gasteiger partial charge in [0, 0.05) is 47.7 Å². The van der Waals surface area contributed by atoms with Gasteiger partial charge in [-0.1, -0.05) is 36.9 Å². The van der Waals surface area contributed by atoms with Crippen molar-refractivity contribution < 1.29 is 8.78 Å². The maximum Gasteiger partial charge on any atom is 0.146 e. The van der Waals surface area contributed by atoms with Crippen LogP contribution in [0.5, 0.6) is 0 Å². The van der Waals surface area contributed by atoms with E-state index in [1.807, 2.05) is 0 Å². The predicted octanol–water partition coefficient (Wildman–Crippen LogP) is 7.66. The summed E-state index contributed by atoms with van der Waals surface area (Å²) in [5, 5.41) is 10.8. The number of hydrogen-bond acceptors (Lipinski definition) is 4. The largest absolute Gasteiger partial charge is 0.353 e. The van der Waals surface area contributed by atoms with E-state index in [-0.39, 0.29) is 11.5 Å². The summed E-state index contributed by atoms with van der Waals surface area (Å²) in [5.41, 5.74) is 5.46. The van der Waals surface area contributed by atoms with Crippen LogP contribution in [-0.4, -0.2) is 30.7 Å². The van der Waals surface area contributed by atoms with E-state index in [4.69, 9.17) is 5.41 Å². The van der Waals surface area contributed by atoms with Gasteiger partial charge in [0.25, 0.3) is 0 Å². The number of likely N-dealkylation sites (tertiary alicyclic amines) is 1. The minimum Gasteiger partial charge on any atom is -0.353 e. The lowest BCUT2D eigenvalue weighted by atomic mass is 9.92. The van der Waals surface area contributed by atoms with Crippen molar-refractivity contribution in [1.82, 2.24) is 4.90 Å². The SMILES string of the molecule is C=C(C1CCN(Cc2cc(C=N)c(Nc3ccccc3F)cc2F)CC1)N(CC1CC1)c1ccccc1C. The van der Waals surface area contributed by atoms with Crippen LogP contribution in [-0.2, 0) is 6.54 Å². The molecule has 0 spiro atoms. The highest BCUT2D eigenvalue weighted by molar-refractivity contribution is 5.87. The van der Waals surface area contributed by atoms with E-state index in [2.05, 4.69) is 52.9 Å². The van der Waals surface area contributed by atoms with Crippen LogP contribution >= 0.6 is 0 Å². The Kier molecular flexibility index (Phi) is 7.89. The van der Waals surface area contributed by atoms with Gasteiger partial charge in [-0.25, -0.2) is 8.78 Å². The first-order chi connectivity index (χ1) is 18.4. The Morgan fingerprint density at radius 3 is 2.39 bits per heavy atom. The van der Waals surface area contributed by atoms with Crippen molar-refractivity contribution in [3.63, 3.8) is 0 Å². The smallest absolute Gasteiger partial charge is 0.146 e. The minimum absolute atomic E-state index is 0.256. The molecule has 198 valence electrons. The molecule has 1 aliphatic heterocycles. The lowest BCUT2D eigenvalue weighted by Gasteiger charge is -2.38. The molecule has 1 saturated heterocycles. The Morgan fingerprint density at radius 2 is 1.71 bits per heavy atom. The van der Waals surface area contributed by atoms with Crippen LogP contribution in [0.2, 0.25) is 0 Å². The molecule has 2 fully saturated rings. The van der Waals surface area contributed by atoms with Gasteiger partial charge >= 0.3 is 0 Å². The third-order valence-electron chi connectivity index (χ3n) is 7.86. The zero-order chi connectivity index (χ0) is 26.6. The molecule has 0 amide bonds. The monoisotopic (exact) mass is 514 g/mol. The number of nitrogens with one attached hydrogen (secondary N) is 2. The van der Waals surface area contributed by atoms with Crippen molar-refractivity contribution in [3.8, 4) is 0 Å². The molecule has 0 radical (unpaired) electrons. The Labute approximate surface area is 224 Å². The van der Waals surface area contributed by atoms with Gasteiger partial charge in [-0.3, -0.25) is 4.90 Å². The average molecular weight is 515 g/mol. The molecule has 3 aromatic carbocycles. The first-order valence-corrected chi connectivity index (χ1v) is 13.5. The minimum atomic E-state index is -0.421. The summed E-state index contributed by atoms with van der Waals surface area (Å²) >= 11 is 0. The Balaban J connectivity index is 1.24. The third kappa shape index (κ3) is 5.97. The van der Waals surface area contributed by atoms with Crippen LogP contribution in [0.25, 0.3) is 0 Å². The molecule has 0 atom stereocenters. The number of rotatable bonds is 10. The molecule has 38 heavy (non-hydrogen) atoms. The topological polar surface area (TPSA) is 42.4 Å². The van der Waals surface area contributed by atoms with Gasteiger partial charge in [-0.05, 0) is 87.5 Å². The van der Waals surface area contributed by atoms with Crippen LogP contribution in [0.1, 0.15) is 42.4 Å². The van der Waals surface area contributed by atoms with E-state index in [0.717, 1.165) is 38.4 Å². The summed E-state index contributed by atoms with van der Waals surface area (Å²) in [7, 11) is 0. The molecule has 6 heteroatoms. The summed E-state index contributed by atoms with van der Waals surface area (Å²) in [5.74, 6) is 0.388. The molecular formula is C32H36F2N4. The number of anilines is 3. The zero-order valence-electron chi connectivity index (χ0n) is 22.0. The van der Waals surface area contributed by atoms with Gasteiger partial charge in [0.2, 0.25) is 0 Å². The fraction of sp³-hybridized carbons (Fsp3) is 0.344. The van der Waals surface area contributed by atoms with Gasteiger partial charge in [0.05, 0.1) is 11.4 Å². The van der Waals surface area contributed by atoms with Crippen LogP contribution in [0, 0.1) is 35.8 Å². The van der Waals surface area contributed by atoms with Crippen LogP contribution in [0.15, 0.2) is 72.9 Å². The number of hydrogen-bond donors (Lipinski definition) is 2. The first kappa shape index (κ1) is 26.1. The highest BCUT2D eigenvalue weighted by Gasteiger charge is 2.30. The van der Waals surface area contributed by atoms with Crippen molar-refractivity contribution in [1.29, 1.82) is 5.41 Å². The van der Waals surface area contributed by atoms with Crippen LogP contribution in [0.4, 0.5) is 25.8 Å². The molecule has 1 saturated carbocycles. The van der Waals surface area contributed by atoms with Crippen molar-refractivity contribution in [2.75, 3.05) is 29.9 Å². The van der Waals surface area contributed by atoms with Gasteiger partial charge < -0.3 is 15.6 Å². The van der Waals surface area contributed by atoms with E-state index in [9.17, 15) is 4.39 Å². The predicted molar refractivity (Wildman–Crippen MR) is 152 cm³/mol. The van der Waals surface area contributed by atoms with Gasteiger partial charge in [0.1, 0.15) is 11.6 Å². The van der Waals surface area contributed by atoms with Crippen molar-refractivity contribution in [2.45, 2.75) is 39.2 Å². The molecule has 2 N–H and O–H groups in total. The molecular weight excluding hydrogens is 478 g/mol. The molecule has 4 nitrogen and oxygen atoms in total. The summed E-state index contributed by atoms with van der Waals surface area (Å²) < 4.78 is 29.2. The number of piperidine rings is 1. The number of allylic oxidation sites excluding steroid dienone is 1. The van der Waals surface area contributed by atoms with Crippen molar-refractivity contribution in [2.24, 2.45) is 11.8 Å². The first-order valence-electron chi connectivity index (χ1n) is 13.5. The maximum atomic E-state index is 15.1. The van der Waals surface area contributed by atoms with Gasteiger partial charge in [0.15, 0.2) is 0 Å². The maximum absolute atomic E-state index is 15.1. The normalized spacial score (nSPS) is 16.3. The summed E-state index contributed by atoms with van der Waals surface area (Å²) in [6, 6.07) is 17.9. The molecule has 5 rings (SSSR count). The van der Waals surface area contributed by atoms with E-state index in [0.29, 0.717) is 29.3 Å². The Bertz CT molecular complexity index is 1310. The molecule has 0 bridgehead atoms. The standard InChI is InChI=1S/C32H36F2N4/c1-22-7-3-6-10-32(22)38(20-24-11-12-24)23(2)25-13-15-37(16-14-25)21-27-17-26(19-35)31(18-29(27)34)36-30-9-5-4-8-28(30)33/h3-10,17-19,24-25,35-36H,2,11-16,20-21H2,1H3. The second-order valence-electron chi connectivity index (χ2n) is 10.7. The van der Waals surface area contributed by atoms with E-state index < -0.39 is 5.82 Å². The lowest BCUT2D eigenvalue weighted by molar-refractivity contribution is 0.188. The highest BCUT2D eigenvalue weighted by Crippen LogP contribution is 2.37. The summed E-state index contributed by atoms with van der Waals surface area (Å²) in [4.78, 5) is 4.73. The van der Waals surface area contributed by atoms with E-state index in [1.54, 1.807) is 24.3 Å². The van der Waals surface area contributed by atoms with Crippen LogP contribution < -0.4 is 10.2 Å². The molecule has 0 aromatic heterocycles. The van der Waals surface area contributed by atoms with E-state index >= 15 is 4.39 Å². The summed E-state index contributed by atoms with van der Waals surface area (Å²) in [6.07, 6.45) is 5.75. The third-order valence-corrected chi connectivity index (χ3v) is 7.86. The number of para-hydroxylation sites is 2.